The molecule has 7 heteroatoms. The van der Waals surface area contributed by atoms with E-state index in [0.717, 1.165) is 17.8 Å². The number of thiophene rings is 1. The number of carboxylic acid groups (broad SMARTS) is 1. The van der Waals surface area contributed by atoms with Gasteiger partial charge in [0, 0.05) is 18.5 Å². The summed E-state index contributed by atoms with van der Waals surface area (Å²) < 4.78 is 25.7. The maximum atomic E-state index is 12.1. The van der Waals surface area contributed by atoms with E-state index < -0.39 is 16.0 Å². The molecule has 0 radical (unpaired) electrons. The first-order chi connectivity index (χ1) is 7.93. The van der Waals surface area contributed by atoms with E-state index in [1.807, 2.05) is 6.92 Å². The zero-order valence-corrected chi connectivity index (χ0v) is 11.3. The second kappa shape index (κ2) is 5.61. The quantitative estimate of drug-likeness (QED) is 0.861. The van der Waals surface area contributed by atoms with Crippen molar-refractivity contribution in [2.75, 3.05) is 13.1 Å². The highest BCUT2D eigenvalue weighted by atomic mass is 32.2. The minimum absolute atomic E-state index is 0.0149. The Kier molecular flexibility index (Phi) is 4.67. The lowest BCUT2D eigenvalue weighted by Crippen LogP contribution is -2.31. The van der Waals surface area contributed by atoms with Crippen molar-refractivity contribution < 1.29 is 18.3 Å². The maximum absolute atomic E-state index is 12.1. The van der Waals surface area contributed by atoms with Gasteiger partial charge in [0.2, 0.25) is 0 Å². The number of carboxylic acids is 1. The first kappa shape index (κ1) is 14.1. The Bertz CT molecular complexity index is 492. The molecule has 0 amide bonds. The summed E-state index contributed by atoms with van der Waals surface area (Å²) in [5.74, 6) is -1.11. The average molecular weight is 277 g/mol. The number of carbonyl (C=O) groups is 1. The van der Waals surface area contributed by atoms with Gasteiger partial charge in [0.1, 0.15) is 4.21 Å². The summed E-state index contributed by atoms with van der Waals surface area (Å²) in [6.07, 6.45) is 0.726. The van der Waals surface area contributed by atoms with Crippen LogP contribution in [0.25, 0.3) is 0 Å². The summed E-state index contributed by atoms with van der Waals surface area (Å²) in [7, 11) is -3.54. The van der Waals surface area contributed by atoms with E-state index in [1.165, 1.54) is 15.8 Å². The van der Waals surface area contributed by atoms with Crippen molar-refractivity contribution in [3.8, 4) is 0 Å². The Labute approximate surface area is 105 Å². The van der Waals surface area contributed by atoms with Gasteiger partial charge >= 0.3 is 5.97 Å². The largest absolute Gasteiger partial charge is 0.478 e. The van der Waals surface area contributed by atoms with Gasteiger partial charge in [0.25, 0.3) is 10.0 Å². The summed E-state index contributed by atoms with van der Waals surface area (Å²) in [6, 6.07) is 1.21. The summed E-state index contributed by atoms with van der Waals surface area (Å²) in [6.45, 7) is 4.49. The van der Waals surface area contributed by atoms with Crippen LogP contribution >= 0.6 is 11.3 Å². The molecule has 0 fully saturated rings. The van der Waals surface area contributed by atoms with Gasteiger partial charge < -0.3 is 5.11 Å². The fraction of sp³-hybridized carbons (Fsp3) is 0.500. The zero-order chi connectivity index (χ0) is 13.1. The Morgan fingerprint density at radius 2 is 2.12 bits per heavy atom. The molecular weight excluding hydrogens is 262 g/mol. The summed E-state index contributed by atoms with van der Waals surface area (Å²) in [4.78, 5) is 10.7. The van der Waals surface area contributed by atoms with Crippen molar-refractivity contribution in [3.05, 3.63) is 17.0 Å². The number of hydrogen-bond acceptors (Lipinski definition) is 4. The maximum Gasteiger partial charge on any atom is 0.336 e. The van der Waals surface area contributed by atoms with Crippen LogP contribution < -0.4 is 0 Å². The lowest BCUT2D eigenvalue weighted by molar-refractivity contribution is 0.0697. The summed E-state index contributed by atoms with van der Waals surface area (Å²) in [5.41, 5.74) is 0.0149. The van der Waals surface area contributed by atoms with Crippen molar-refractivity contribution in [3.63, 3.8) is 0 Å². The molecule has 0 aliphatic rings. The van der Waals surface area contributed by atoms with Crippen LogP contribution in [0.4, 0.5) is 0 Å². The fourth-order valence-corrected chi connectivity index (χ4v) is 4.24. The highest BCUT2D eigenvalue weighted by Crippen LogP contribution is 2.24. The third kappa shape index (κ3) is 3.05. The number of aromatic carboxylic acids is 1. The minimum atomic E-state index is -3.54. The summed E-state index contributed by atoms with van der Waals surface area (Å²) in [5, 5.41) is 10.1. The molecule has 0 spiro atoms. The van der Waals surface area contributed by atoms with Gasteiger partial charge in [-0.3, -0.25) is 0 Å². The third-order valence-corrected chi connectivity index (χ3v) is 5.63. The lowest BCUT2D eigenvalue weighted by Gasteiger charge is -2.18. The second-order valence-electron chi connectivity index (χ2n) is 3.46. The SMILES string of the molecule is CCCN(CC)S(=O)(=O)c1cc(C(=O)O)cs1. The fourth-order valence-electron chi connectivity index (χ4n) is 1.39. The van der Waals surface area contributed by atoms with E-state index in [1.54, 1.807) is 6.92 Å². The highest BCUT2D eigenvalue weighted by Gasteiger charge is 2.25. The van der Waals surface area contributed by atoms with E-state index in [2.05, 4.69) is 0 Å². The third-order valence-electron chi connectivity index (χ3n) is 2.24. The molecule has 0 unspecified atom stereocenters. The topological polar surface area (TPSA) is 74.7 Å². The molecule has 0 atom stereocenters. The Morgan fingerprint density at radius 3 is 2.53 bits per heavy atom. The molecule has 1 aromatic heterocycles. The molecule has 0 bridgehead atoms. The molecule has 0 saturated carbocycles. The standard InChI is InChI=1S/C10H15NO4S2/c1-3-5-11(4-2)17(14,15)9-6-8(7-16-9)10(12)13/h6-7H,3-5H2,1-2H3,(H,12,13). The van der Waals surface area contributed by atoms with Gasteiger partial charge in [0.15, 0.2) is 0 Å². The Morgan fingerprint density at radius 1 is 1.47 bits per heavy atom. The number of hydrogen-bond donors (Lipinski definition) is 1. The van der Waals surface area contributed by atoms with E-state index >= 15 is 0 Å². The first-order valence-electron chi connectivity index (χ1n) is 5.25. The van der Waals surface area contributed by atoms with Crippen LogP contribution in [-0.4, -0.2) is 36.9 Å². The average Bonchev–Trinajstić information content (AvgIpc) is 2.75. The molecule has 1 N–H and O–H groups in total. The molecule has 0 saturated heterocycles. The van der Waals surface area contributed by atoms with Crippen molar-refractivity contribution >= 4 is 27.3 Å². The summed E-state index contributed by atoms with van der Waals surface area (Å²) >= 11 is 0.944. The smallest absolute Gasteiger partial charge is 0.336 e. The van der Waals surface area contributed by atoms with E-state index in [0.29, 0.717) is 13.1 Å². The minimum Gasteiger partial charge on any atom is -0.478 e. The molecule has 5 nitrogen and oxygen atoms in total. The van der Waals surface area contributed by atoms with Crippen LogP contribution in [0.15, 0.2) is 15.7 Å². The van der Waals surface area contributed by atoms with Crippen molar-refractivity contribution in [2.24, 2.45) is 0 Å². The number of sulfonamides is 1. The number of nitrogens with zero attached hydrogens (tertiary/aromatic N) is 1. The number of rotatable bonds is 6. The zero-order valence-electron chi connectivity index (χ0n) is 9.71. The van der Waals surface area contributed by atoms with E-state index in [9.17, 15) is 13.2 Å². The van der Waals surface area contributed by atoms with Gasteiger partial charge in [0.05, 0.1) is 5.56 Å². The molecule has 1 rings (SSSR count). The van der Waals surface area contributed by atoms with Crippen molar-refractivity contribution in [1.29, 1.82) is 0 Å². The molecule has 0 aliphatic heterocycles. The molecule has 0 aliphatic carbocycles. The Balaban J connectivity index is 3.07. The second-order valence-corrected chi connectivity index (χ2v) is 6.53. The van der Waals surface area contributed by atoms with Gasteiger partial charge in [-0.05, 0) is 12.5 Å². The van der Waals surface area contributed by atoms with Crippen LogP contribution in [-0.2, 0) is 10.0 Å². The van der Waals surface area contributed by atoms with Crippen LogP contribution in [0.1, 0.15) is 30.6 Å². The molecular formula is C10H15NO4S2. The first-order valence-corrected chi connectivity index (χ1v) is 7.57. The van der Waals surface area contributed by atoms with Crippen LogP contribution in [0, 0.1) is 0 Å². The molecule has 17 heavy (non-hydrogen) atoms. The molecule has 1 heterocycles. The van der Waals surface area contributed by atoms with E-state index in [-0.39, 0.29) is 9.77 Å². The van der Waals surface area contributed by atoms with Gasteiger partial charge in [-0.1, -0.05) is 13.8 Å². The predicted octanol–water partition coefficient (Wildman–Crippen LogP) is 1.87. The van der Waals surface area contributed by atoms with Gasteiger partial charge in [-0.15, -0.1) is 11.3 Å². The van der Waals surface area contributed by atoms with Gasteiger partial charge in [-0.2, -0.15) is 4.31 Å². The van der Waals surface area contributed by atoms with Crippen LogP contribution in [0.5, 0.6) is 0 Å². The van der Waals surface area contributed by atoms with Crippen molar-refractivity contribution in [1.82, 2.24) is 4.31 Å². The normalized spacial score (nSPS) is 11.9. The van der Waals surface area contributed by atoms with Gasteiger partial charge in [-0.25, -0.2) is 13.2 Å². The van der Waals surface area contributed by atoms with Crippen LogP contribution in [0.3, 0.4) is 0 Å². The van der Waals surface area contributed by atoms with Crippen LogP contribution in [0.2, 0.25) is 0 Å². The molecule has 0 aromatic carbocycles. The highest BCUT2D eigenvalue weighted by molar-refractivity contribution is 7.91. The lowest BCUT2D eigenvalue weighted by atomic mass is 10.4. The molecule has 1 aromatic rings. The van der Waals surface area contributed by atoms with E-state index in [4.69, 9.17) is 5.11 Å². The Hall–Kier alpha value is -0.920. The predicted molar refractivity (Wildman–Crippen MR) is 66.0 cm³/mol. The molecule has 96 valence electrons. The van der Waals surface area contributed by atoms with Crippen molar-refractivity contribution in [2.45, 2.75) is 24.5 Å². The monoisotopic (exact) mass is 277 g/mol.